The molecule has 1 N–H and O–H groups in total. The Labute approximate surface area is 86.9 Å². The minimum absolute atomic E-state index is 0.201. The maximum absolute atomic E-state index is 13.6. The Morgan fingerprint density at radius 3 is 3.13 bits per heavy atom. The summed E-state index contributed by atoms with van der Waals surface area (Å²) >= 11 is 0. The number of benzene rings is 1. The van der Waals surface area contributed by atoms with Crippen LogP contribution in [0.1, 0.15) is 24.6 Å². The van der Waals surface area contributed by atoms with Crippen molar-refractivity contribution in [2.75, 3.05) is 0 Å². The lowest BCUT2D eigenvalue weighted by Gasteiger charge is -2.21. The number of para-hydroxylation sites is 1. The highest BCUT2D eigenvalue weighted by Gasteiger charge is 2.21. The average Bonchev–Trinajstić information content (AvgIpc) is 2.59. The second-order valence-corrected chi connectivity index (χ2v) is 4.06. The largest absolute Gasteiger partial charge is 0.387 e. The average molecular weight is 205 g/mol. The molecule has 0 saturated carbocycles. The van der Waals surface area contributed by atoms with Gasteiger partial charge in [-0.05, 0) is 25.0 Å². The van der Waals surface area contributed by atoms with Crippen molar-refractivity contribution in [3.63, 3.8) is 0 Å². The highest BCUT2D eigenvalue weighted by molar-refractivity contribution is 5.82. The van der Waals surface area contributed by atoms with Crippen LogP contribution in [0, 0.1) is 5.82 Å². The molecule has 0 aliphatic carbocycles. The molecule has 1 aromatic carbocycles. The molecule has 2 aromatic rings. The predicted molar refractivity (Wildman–Crippen MR) is 56.1 cm³/mol. The van der Waals surface area contributed by atoms with Crippen LogP contribution in [0.25, 0.3) is 10.9 Å². The van der Waals surface area contributed by atoms with E-state index in [2.05, 4.69) is 0 Å². The summed E-state index contributed by atoms with van der Waals surface area (Å²) in [6.07, 6.45) is 1.25. The molecule has 3 rings (SSSR count). The van der Waals surface area contributed by atoms with Crippen LogP contribution < -0.4 is 0 Å². The van der Waals surface area contributed by atoms with Crippen molar-refractivity contribution in [3.05, 3.63) is 35.8 Å². The number of aryl methyl sites for hydroxylation is 1. The van der Waals surface area contributed by atoms with Gasteiger partial charge in [0.25, 0.3) is 0 Å². The van der Waals surface area contributed by atoms with E-state index in [9.17, 15) is 9.50 Å². The summed E-state index contributed by atoms with van der Waals surface area (Å²) in [6.45, 7) is 0.802. The summed E-state index contributed by atoms with van der Waals surface area (Å²) in [5.41, 5.74) is 1.48. The Morgan fingerprint density at radius 1 is 1.40 bits per heavy atom. The van der Waals surface area contributed by atoms with Gasteiger partial charge in [0.2, 0.25) is 0 Å². The fraction of sp³-hybridized carbons (Fsp3) is 0.333. The quantitative estimate of drug-likeness (QED) is 0.702. The molecule has 2 nitrogen and oxygen atoms in total. The van der Waals surface area contributed by atoms with E-state index in [4.69, 9.17) is 0 Å². The van der Waals surface area contributed by atoms with Crippen molar-refractivity contribution < 1.29 is 9.50 Å². The van der Waals surface area contributed by atoms with Crippen LogP contribution in [0.3, 0.4) is 0 Å². The molecule has 0 radical (unpaired) electrons. The van der Waals surface area contributed by atoms with Gasteiger partial charge in [-0.2, -0.15) is 0 Å². The fourth-order valence-electron chi connectivity index (χ4n) is 2.41. The third-order valence-electron chi connectivity index (χ3n) is 3.10. The lowest BCUT2D eigenvalue weighted by atomic mass is 10.1. The Bertz CT molecular complexity index is 518. The molecular weight excluding hydrogens is 193 g/mol. The Kier molecular flexibility index (Phi) is 1.83. The first kappa shape index (κ1) is 8.92. The van der Waals surface area contributed by atoms with Gasteiger partial charge in [0.05, 0.1) is 11.6 Å². The van der Waals surface area contributed by atoms with E-state index < -0.39 is 6.10 Å². The number of halogens is 1. The minimum Gasteiger partial charge on any atom is -0.387 e. The molecule has 0 saturated heterocycles. The molecule has 0 amide bonds. The van der Waals surface area contributed by atoms with Crippen LogP contribution in [-0.2, 0) is 6.54 Å². The van der Waals surface area contributed by atoms with Crippen LogP contribution in [0.5, 0.6) is 0 Å². The van der Waals surface area contributed by atoms with Gasteiger partial charge in [-0.25, -0.2) is 4.39 Å². The molecule has 1 unspecified atom stereocenters. The number of rotatable bonds is 0. The highest BCUT2D eigenvalue weighted by atomic mass is 19.1. The Morgan fingerprint density at radius 2 is 2.27 bits per heavy atom. The monoisotopic (exact) mass is 205 g/mol. The van der Waals surface area contributed by atoms with Crippen molar-refractivity contribution in [2.24, 2.45) is 0 Å². The molecule has 1 aliphatic heterocycles. The number of aromatic nitrogens is 1. The van der Waals surface area contributed by atoms with E-state index in [1.807, 2.05) is 16.7 Å². The number of hydrogen-bond donors (Lipinski definition) is 1. The van der Waals surface area contributed by atoms with Gasteiger partial charge >= 0.3 is 0 Å². The van der Waals surface area contributed by atoms with E-state index in [1.54, 1.807) is 6.07 Å². The van der Waals surface area contributed by atoms with Crippen LogP contribution >= 0.6 is 0 Å². The highest BCUT2D eigenvalue weighted by Crippen LogP contribution is 2.32. The molecule has 1 aromatic heterocycles. The summed E-state index contributed by atoms with van der Waals surface area (Å²) in [5, 5.41) is 10.7. The number of aliphatic hydroxyl groups is 1. The molecule has 2 heterocycles. The molecule has 0 bridgehead atoms. The minimum atomic E-state index is -0.439. The molecule has 0 spiro atoms. The summed E-state index contributed by atoms with van der Waals surface area (Å²) in [7, 11) is 0. The van der Waals surface area contributed by atoms with Gasteiger partial charge in [-0.3, -0.25) is 0 Å². The van der Waals surface area contributed by atoms with E-state index in [-0.39, 0.29) is 5.82 Å². The first-order chi connectivity index (χ1) is 7.27. The standard InChI is InChI=1S/C12H12FNO/c13-9-4-1-3-8-7-10-11(15)5-2-6-14(10)12(8)9/h1,3-4,7,11,15H,2,5-6H2. The van der Waals surface area contributed by atoms with Crippen LogP contribution in [0.2, 0.25) is 0 Å². The Hall–Kier alpha value is -1.35. The lowest BCUT2D eigenvalue weighted by Crippen LogP contribution is -2.14. The number of fused-ring (bicyclic) bond motifs is 3. The van der Waals surface area contributed by atoms with Crippen molar-refractivity contribution in [1.29, 1.82) is 0 Å². The smallest absolute Gasteiger partial charge is 0.147 e. The summed E-state index contributed by atoms with van der Waals surface area (Å²) in [5.74, 6) is -0.201. The maximum Gasteiger partial charge on any atom is 0.147 e. The van der Waals surface area contributed by atoms with Gasteiger partial charge in [0, 0.05) is 17.6 Å². The van der Waals surface area contributed by atoms with Gasteiger partial charge in [-0.15, -0.1) is 0 Å². The lowest BCUT2D eigenvalue weighted by molar-refractivity contribution is 0.140. The molecule has 1 atom stereocenters. The van der Waals surface area contributed by atoms with Gasteiger partial charge < -0.3 is 9.67 Å². The van der Waals surface area contributed by atoms with Crippen LogP contribution in [0.4, 0.5) is 4.39 Å². The predicted octanol–water partition coefficient (Wildman–Crippen LogP) is 2.61. The second-order valence-electron chi connectivity index (χ2n) is 4.06. The fourth-order valence-corrected chi connectivity index (χ4v) is 2.41. The van der Waals surface area contributed by atoms with Gasteiger partial charge in [0.15, 0.2) is 0 Å². The molecule has 1 aliphatic rings. The molecule has 0 fully saturated rings. The molecule has 78 valence electrons. The van der Waals surface area contributed by atoms with E-state index >= 15 is 0 Å². The molecular formula is C12H12FNO. The topological polar surface area (TPSA) is 25.2 Å². The Balaban J connectivity index is 2.36. The van der Waals surface area contributed by atoms with E-state index in [0.29, 0.717) is 5.52 Å². The van der Waals surface area contributed by atoms with Crippen LogP contribution in [-0.4, -0.2) is 9.67 Å². The van der Waals surface area contributed by atoms with Gasteiger partial charge in [-0.1, -0.05) is 12.1 Å². The second kappa shape index (κ2) is 3.07. The number of nitrogens with zero attached hydrogens (tertiary/aromatic N) is 1. The maximum atomic E-state index is 13.6. The molecule has 3 heteroatoms. The first-order valence-electron chi connectivity index (χ1n) is 5.23. The molecule has 15 heavy (non-hydrogen) atoms. The van der Waals surface area contributed by atoms with E-state index in [0.717, 1.165) is 30.5 Å². The van der Waals surface area contributed by atoms with Crippen molar-refractivity contribution in [1.82, 2.24) is 4.57 Å². The third-order valence-corrected chi connectivity index (χ3v) is 3.10. The number of aliphatic hydroxyl groups excluding tert-OH is 1. The van der Waals surface area contributed by atoms with E-state index in [1.165, 1.54) is 6.07 Å². The zero-order valence-corrected chi connectivity index (χ0v) is 8.28. The van der Waals surface area contributed by atoms with Crippen molar-refractivity contribution >= 4 is 10.9 Å². The normalized spacial score (nSPS) is 20.5. The zero-order chi connectivity index (χ0) is 10.4. The first-order valence-corrected chi connectivity index (χ1v) is 5.23. The summed E-state index contributed by atoms with van der Waals surface area (Å²) in [6, 6.07) is 6.95. The van der Waals surface area contributed by atoms with Crippen molar-refractivity contribution in [3.8, 4) is 0 Å². The zero-order valence-electron chi connectivity index (χ0n) is 8.28. The summed E-state index contributed by atoms with van der Waals surface area (Å²) < 4.78 is 15.5. The van der Waals surface area contributed by atoms with Crippen molar-refractivity contribution in [2.45, 2.75) is 25.5 Å². The third kappa shape index (κ3) is 1.20. The SMILES string of the molecule is OC1CCCn2c1cc1cccc(F)c12. The van der Waals surface area contributed by atoms with Crippen LogP contribution in [0.15, 0.2) is 24.3 Å². The van der Waals surface area contributed by atoms with Gasteiger partial charge in [0.1, 0.15) is 5.82 Å². The number of hydrogen-bond acceptors (Lipinski definition) is 1. The summed E-state index contributed by atoms with van der Waals surface area (Å²) in [4.78, 5) is 0.